The van der Waals surface area contributed by atoms with Gasteiger partial charge in [0.25, 0.3) is 0 Å². The van der Waals surface area contributed by atoms with Crippen molar-refractivity contribution < 1.29 is 9.31 Å². The molecule has 3 aromatic rings. The van der Waals surface area contributed by atoms with Crippen LogP contribution < -0.4 is 0 Å². The van der Waals surface area contributed by atoms with Crippen LogP contribution in [0.2, 0.25) is 0 Å². The van der Waals surface area contributed by atoms with Crippen molar-refractivity contribution in [3.05, 3.63) is 58.0 Å². The zero-order valence-electron chi connectivity index (χ0n) is 10.4. The lowest BCUT2D eigenvalue weighted by Crippen LogP contribution is -1.99. The average Bonchev–Trinajstić information content (AvgIpc) is 2.85. The van der Waals surface area contributed by atoms with E-state index in [0.29, 0.717) is 16.8 Å². The number of hydrogen-bond acceptors (Lipinski definition) is 4. The Morgan fingerprint density at radius 3 is 2.85 bits per heavy atom. The van der Waals surface area contributed by atoms with Gasteiger partial charge in [0.1, 0.15) is 0 Å². The van der Waals surface area contributed by atoms with Gasteiger partial charge in [-0.05, 0) is 36.8 Å². The van der Waals surface area contributed by atoms with Gasteiger partial charge >= 0.3 is 5.69 Å². The zero-order valence-corrected chi connectivity index (χ0v) is 10.4. The van der Waals surface area contributed by atoms with E-state index in [2.05, 4.69) is 10.2 Å². The molecule has 0 atom stereocenters. The monoisotopic (exact) mass is 272 g/mol. The quantitative estimate of drug-likeness (QED) is 0.531. The molecule has 0 saturated carbocycles. The number of fused-ring (bicyclic) bond motifs is 1. The molecule has 0 aliphatic heterocycles. The molecule has 0 aliphatic rings. The van der Waals surface area contributed by atoms with Crippen LogP contribution in [0.4, 0.5) is 10.1 Å². The number of nitro groups is 1. The number of halogens is 1. The van der Waals surface area contributed by atoms with Crippen molar-refractivity contribution in [2.45, 2.75) is 6.92 Å². The van der Waals surface area contributed by atoms with Crippen LogP contribution in [0.15, 0.2) is 36.5 Å². The smallest absolute Gasteiger partial charge is 0.258 e. The minimum atomic E-state index is -0.851. The molecule has 3 rings (SSSR count). The highest BCUT2D eigenvalue weighted by molar-refractivity contribution is 5.67. The van der Waals surface area contributed by atoms with Gasteiger partial charge in [0.2, 0.25) is 5.82 Å². The highest BCUT2D eigenvalue weighted by atomic mass is 19.1. The van der Waals surface area contributed by atoms with E-state index in [1.807, 2.05) is 0 Å². The van der Waals surface area contributed by atoms with Gasteiger partial charge in [-0.25, -0.2) is 0 Å². The fourth-order valence-corrected chi connectivity index (χ4v) is 2.03. The van der Waals surface area contributed by atoms with Crippen molar-refractivity contribution in [2.75, 3.05) is 0 Å². The lowest BCUT2D eigenvalue weighted by atomic mass is 10.0. The molecule has 7 heteroatoms. The van der Waals surface area contributed by atoms with Crippen LogP contribution in [0.25, 0.3) is 16.8 Å². The van der Waals surface area contributed by atoms with Crippen LogP contribution in [0, 0.1) is 22.9 Å². The first-order chi connectivity index (χ1) is 9.56. The molecular formula is C13H9FN4O2. The highest BCUT2D eigenvalue weighted by Crippen LogP contribution is 2.28. The van der Waals surface area contributed by atoms with Gasteiger partial charge in [-0.3, -0.25) is 10.1 Å². The molecule has 0 spiro atoms. The summed E-state index contributed by atoms with van der Waals surface area (Å²) in [6.45, 7) is 1.68. The van der Waals surface area contributed by atoms with Gasteiger partial charge in [-0.15, -0.1) is 5.10 Å². The average molecular weight is 272 g/mol. The normalized spacial score (nSPS) is 10.9. The maximum Gasteiger partial charge on any atom is 0.305 e. The van der Waals surface area contributed by atoms with Crippen molar-refractivity contribution in [3.8, 4) is 11.3 Å². The Morgan fingerprint density at radius 1 is 1.30 bits per heavy atom. The summed E-state index contributed by atoms with van der Waals surface area (Å²) in [7, 11) is 0. The summed E-state index contributed by atoms with van der Waals surface area (Å²) < 4.78 is 14.9. The summed E-state index contributed by atoms with van der Waals surface area (Å²) >= 11 is 0. The first-order valence-corrected chi connectivity index (χ1v) is 5.82. The summed E-state index contributed by atoms with van der Waals surface area (Å²) in [5.41, 5.74) is 1.83. The molecular weight excluding hydrogens is 263 g/mol. The molecule has 0 saturated heterocycles. The van der Waals surface area contributed by atoms with Crippen LogP contribution in [0.1, 0.15) is 5.56 Å². The van der Waals surface area contributed by atoms with Crippen LogP contribution in [0.3, 0.4) is 0 Å². The van der Waals surface area contributed by atoms with Gasteiger partial charge in [0, 0.05) is 11.6 Å². The Balaban J connectivity index is 2.22. The Hall–Kier alpha value is -2.83. The van der Waals surface area contributed by atoms with Gasteiger partial charge in [0.05, 0.1) is 22.3 Å². The topological polar surface area (TPSA) is 73.3 Å². The lowest BCUT2D eigenvalue weighted by Gasteiger charge is -2.06. The summed E-state index contributed by atoms with van der Waals surface area (Å²) in [6, 6.07) is 7.65. The number of rotatable bonds is 2. The molecule has 0 N–H and O–H groups in total. The fourth-order valence-electron chi connectivity index (χ4n) is 2.03. The van der Waals surface area contributed by atoms with Crippen LogP contribution in [-0.4, -0.2) is 19.8 Å². The molecule has 100 valence electrons. The van der Waals surface area contributed by atoms with Crippen molar-refractivity contribution in [2.24, 2.45) is 0 Å². The van der Waals surface area contributed by atoms with Crippen LogP contribution >= 0.6 is 0 Å². The molecule has 0 aliphatic carbocycles. The zero-order chi connectivity index (χ0) is 14.3. The van der Waals surface area contributed by atoms with Crippen molar-refractivity contribution >= 4 is 11.2 Å². The van der Waals surface area contributed by atoms with Gasteiger partial charge in [-0.2, -0.15) is 14.1 Å². The Morgan fingerprint density at radius 2 is 2.10 bits per heavy atom. The number of aryl methyl sites for hydroxylation is 1. The van der Waals surface area contributed by atoms with E-state index in [1.165, 1.54) is 10.7 Å². The lowest BCUT2D eigenvalue weighted by molar-refractivity contribution is -0.387. The SMILES string of the molecule is Cc1cc(F)c([N+](=O)[O-])cc1-c1ccc2ccnn2n1. The van der Waals surface area contributed by atoms with Crippen molar-refractivity contribution in [1.29, 1.82) is 0 Å². The summed E-state index contributed by atoms with van der Waals surface area (Å²) in [4.78, 5) is 10.1. The van der Waals surface area contributed by atoms with Gasteiger partial charge in [-0.1, -0.05) is 0 Å². The third kappa shape index (κ3) is 1.89. The van der Waals surface area contributed by atoms with E-state index >= 15 is 0 Å². The number of benzene rings is 1. The first-order valence-electron chi connectivity index (χ1n) is 5.82. The molecule has 1 aromatic carbocycles. The minimum absolute atomic E-state index is 0.502. The second kappa shape index (κ2) is 4.37. The van der Waals surface area contributed by atoms with E-state index in [-0.39, 0.29) is 0 Å². The minimum Gasteiger partial charge on any atom is -0.258 e. The maximum absolute atomic E-state index is 13.5. The van der Waals surface area contributed by atoms with E-state index in [4.69, 9.17) is 0 Å². The van der Waals surface area contributed by atoms with Crippen molar-refractivity contribution in [3.63, 3.8) is 0 Å². The third-order valence-electron chi connectivity index (χ3n) is 3.03. The van der Waals surface area contributed by atoms with E-state index in [9.17, 15) is 14.5 Å². The number of nitro benzene ring substituents is 1. The highest BCUT2D eigenvalue weighted by Gasteiger charge is 2.18. The first kappa shape index (κ1) is 12.2. The summed E-state index contributed by atoms with van der Waals surface area (Å²) in [5, 5.41) is 19.1. The van der Waals surface area contributed by atoms with Gasteiger partial charge < -0.3 is 0 Å². The second-order valence-corrected chi connectivity index (χ2v) is 4.34. The Bertz CT molecular complexity index is 828. The second-order valence-electron chi connectivity index (χ2n) is 4.34. The molecule has 2 heterocycles. The van der Waals surface area contributed by atoms with E-state index < -0.39 is 16.4 Å². The standard InChI is InChI=1S/C13H9FN4O2/c1-8-6-11(14)13(18(19)20)7-10(8)12-3-2-9-4-5-15-17(9)16-12/h2-7H,1H3. The third-order valence-corrected chi connectivity index (χ3v) is 3.03. The van der Waals surface area contributed by atoms with Gasteiger partial charge in [0.15, 0.2) is 0 Å². The molecule has 0 unspecified atom stereocenters. The number of aromatic nitrogens is 3. The predicted molar refractivity (Wildman–Crippen MR) is 69.8 cm³/mol. The molecule has 0 bridgehead atoms. The summed E-state index contributed by atoms with van der Waals surface area (Å²) in [6.07, 6.45) is 1.60. The van der Waals surface area contributed by atoms with E-state index in [0.717, 1.165) is 11.6 Å². The molecule has 2 aromatic heterocycles. The van der Waals surface area contributed by atoms with Crippen LogP contribution in [-0.2, 0) is 0 Å². The summed E-state index contributed by atoms with van der Waals surface area (Å²) in [5.74, 6) is -0.851. The van der Waals surface area contributed by atoms with Crippen LogP contribution in [0.5, 0.6) is 0 Å². The molecule has 0 amide bonds. The predicted octanol–water partition coefficient (Wildman–Crippen LogP) is 2.75. The van der Waals surface area contributed by atoms with Crippen molar-refractivity contribution in [1.82, 2.24) is 14.8 Å². The molecule has 0 fully saturated rings. The largest absolute Gasteiger partial charge is 0.305 e. The Kier molecular flexibility index (Phi) is 2.67. The fraction of sp³-hybridized carbons (Fsp3) is 0.0769. The van der Waals surface area contributed by atoms with E-state index in [1.54, 1.807) is 31.3 Å². The Labute approximate surface area is 112 Å². The molecule has 6 nitrogen and oxygen atoms in total. The molecule has 20 heavy (non-hydrogen) atoms. The number of nitrogens with zero attached hydrogens (tertiary/aromatic N) is 4. The maximum atomic E-state index is 13.5. The molecule has 0 radical (unpaired) electrons. The number of hydrogen-bond donors (Lipinski definition) is 0.